The highest BCUT2D eigenvalue weighted by atomic mass is 32.1. The summed E-state index contributed by atoms with van der Waals surface area (Å²) in [5.41, 5.74) is 1.45. The molecular weight excluding hydrogens is 427 g/mol. The third kappa shape index (κ3) is 4.43. The maximum absolute atomic E-state index is 13.7. The van der Waals surface area contributed by atoms with E-state index >= 15 is 0 Å². The van der Waals surface area contributed by atoms with Crippen molar-refractivity contribution in [2.24, 2.45) is 5.92 Å². The molecule has 0 aromatic heterocycles. The SMILES string of the molecule is CC(C)CN1C(=O)c2ccccc2[C@@H](C(=O)Nc2ccc(F)c(C#N)c2)[C@@H]1/C(C=N)=C/S. The van der Waals surface area contributed by atoms with Crippen molar-refractivity contribution in [3.8, 4) is 6.07 Å². The summed E-state index contributed by atoms with van der Waals surface area (Å²) in [5.74, 6) is -2.04. The van der Waals surface area contributed by atoms with Gasteiger partial charge in [-0.05, 0) is 46.7 Å². The normalized spacial score (nSPS) is 18.2. The molecule has 32 heavy (non-hydrogen) atoms. The Hall–Kier alpha value is -3.44. The van der Waals surface area contributed by atoms with Gasteiger partial charge in [-0.2, -0.15) is 17.9 Å². The maximum atomic E-state index is 13.7. The van der Waals surface area contributed by atoms with Crippen molar-refractivity contribution < 1.29 is 14.0 Å². The van der Waals surface area contributed by atoms with Crippen molar-refractivity contribution in [1.29, 1.82) is 10.7 Å². The lowest BCUT2D eigenvalue weighted by Crippen LogP contribution is -2.53. The predicted molar refractivity (Wildman–Crippen MR) is 124 cm³/mol. The number of thiol groups is 1. The molecule has 8 heteroatoms. The third-order valence-corrected chi connectivity index (χ3v) is 5.59. The van der Waals surface area contributed by atoms with Crippen LogP contribution in [0, 0.1) is 28.5 Å². The molecule has 0 aliphatic carbocycles. The molecule has 0 spiro atoms. The zero-order valence-corrected chi connectivity index (χ0v) is 18.6. The number of halogens is 1. The summed E-state index contributed by atoms with van der Waals surface area (Å²) in [5, 5.41) is 21.1. The summed E-state index contributed by atoms with van der Waals surface area (Å²) in [4.78, 5) is 28.5. The van der Waals surface area contributed by atoms with Crippen molar-refractivity contribution in [3.05, 3.63) is 76.0 Å². The standard InChI is InChI=1S/C24H23FN4O2S/c1-14(2)12-29-22(16(11-27)13-32)21(18-5-3-4-6-19(18)24(29)31)23(30)28-17-7-8-20(25)15(9-17)10-26/h3-9,11,13-14,21-22,27,32H,12H2,1-2H3,(H,28,30)/b16-13+,27-11?/t21-,22+/m1/s1. The highest BCUT2D eigenvalue weighted by Gasteiger charge is 2.44. The molecule has 0 fully saturated rings. The van der Waals surface area contributed by atoms with Crippen LogP contribution in [0.4, 0.5) is 10.1 Å². The molecule has 2 aromatic carbocycles. The Balaban J connectivity index is 2.13. The van der Waals surface area contributed by atoms with E-state index in [4.69, 9.17) is 10.7 Å². The molecule has 2 amide bonds. The molecular formula is C24H23FN4O2S. The van der Waals surface area contributed by atoms with E-state index in [2.05, 4.69) is 17.9 Å². The number of nitrogens with zero attached hydrogens (tertiary/aromatic N) is 2. The minimum atomic E-state index is -0.835. The van der Waals surface area contributed by atoms with Crippen LogP contribution in [-0.4, -0.2) is 35.5 Å². The molecule has 2 atom stereocenters. The Morgan fingerprint density at radius 2 is 2.06 bits per heavy atom. The minimum Gasteiger partial charge on any atom is -0.330 e. The van der Waals surface area contributed by atoms with Crippen LogP contribution >= 0.6 is 12.6 Å². The van der Waals surface area contributed by atoms with Gasteiger partial charge in [-0.1, -0.05) is 32.0 Å². The van der Waals surface area contributed by atoms with E-state index in [1.165, 1.54) is 17.5 Å². The van der Waals surface area contributed by atoms with Gasteiger partial charge in [0.2, 0.25) is 5.91 Å². The number of amides is 2. The van der Waals surface area contributed by atoms with Gasteiger partial charge in [0.05, 0.1) is 17.5 Å². The number of rotatable bonds is 6. The van der Waals surface area contributed by atoms with Crippen molar-refractivity contribution in [2.75, 3.05) is 11.9 Å². The topological polar surface area (TPSA) is 97.1 Å². The summed E-state index contributed by atoms with van der Waals surface area (Å²) in [6.45, 7) is 4.32. The lowest BCUT2D eigenvalue weighted by molar-refractivity contribution is -0.118. The fourth-order valence-corrected chi connectivity index (χ4v) is 4.18. The molecule has 0 unspecified atom stereocenters. The van der Waals surface area contributed by atoms with Crippen LogP contribution in [0.2, 0.25) is 0 Å². The van der Waals surface area contributed by atoms with E-state index in [0.29, 0.717) is 23.2 Å². The second-order valence-corrected chi connectivity index (χ2v) is 8.19. The van der Waals surface area contributed by atoms with Crippen LogP contribution in [0.5, 0.6) is 0 Å². The minimum absolute atomic E-state index is 0.123. The number of carbonyl (C=O) groups is 2. The molecule has 0 radical (unpaired) electrons. The summed E-state index contributed by atoms with van der Waals surface area (Å²) in [7, 11) is 0. The molecule has 1 aliphatic heterocycles. The summed E-state index contributed by atoms with van der Waals surface area (Å²) in [6.07, 6.45) is 1.10. The van der Waals surface area contributed by atoms with Crippen LogP contribution in [0.25, 0.3) is 0 Å². The first-order valence-electron chi connectivity index (χ1n) is 10.1. The van der Waals surface area contributed by atoms with Crippen LogP contribution < -0.4 is 5.32 Å². The van der Waals surface area contributed by atoms with E-state index in [1.54, 1.807) is 35.2 Å². The van der Waals surface area contributed by atoms with Crippen LogP contribution in [-0.2, 0) is 4.79 Å². The number of nitriles is 1. The van der Waals surface area contributed by atoms with E-state index in [1.807, 2.05) is 13.8 Å². The Morgan fingerprint density at radius 1 is 1.34 bits per heavy atom. The lowest BCUT2D eigenvalue weighted by atomic mass is 9.79. The van der Waals surface area contributed by atoms with Gasteiger partial charge in [0.1, 0.15) is 11.9 Å². The van der Waals surface area contributed by atoms with Gasteiger partial charge in [0, 0.05) is 24.0 Å². The largest absolute Gasteiger partial charge is 0.330 e. The molecule has 3 rings (SSSR count). The summed E-state index contributed by atoms with van der Waals surface area (Å²) in [6, 6.07) is 11.7. The van der Waals surface area contributed by atoms with Crippen molar-refractivity contribution >= 4 is 36.3 Å². The molecule has 1 aliphatic rings. The average molecular weight is 451 g/mol. The zero-order valence-electron chi connectivity index (χ0n) is 17.7. The highest BCUT2D eigenvalue weighted by molar-refractivity contribution is 7.83. The fraction of sp³-hybridized carbons (Fsp3) is 0.250. The Morgan fingerprint density at radius 3 is 2.69 bits per heavy atom. The second-order valence-electron chi connectivity index (χ2n) is 7.93. The molecule has 0 bridgehead atoms. The van der Waals surface area contributed by atoms with E-state index < -0.39 is 23.7 Å². The second kappa shape index (κ2) is 9.79. The van der Waals surface area contributed by atoms with E-state index in [9.17, 15) is 14.0 Å². The monoisotopic (exact) mass is 450 g/mol. The number of hydrogen-bond acceptors (Lipinski definition) is 5. The smallest absolute Gasteiger partial charge is 0.254 e. The Bertz CT molecular complexity index is 1140. The van der Waals surface area contributed by atoms with E-state index in [-0.39, 0.29) is 23.1 Å². The Labute approximate surface area is 191 Å². The van der Waals surface area contributed by atoms with Crippen LogP contribution in [0.1, 0.15) is 41.3 Å². The first-order chi connectivity index (χ1) is 15.3. The third-order valence-electron chi connectivity index (χ3n) is 5.29. The number of hydrogen-bond donors (Lipinski definition) is 3. The summed E-state index contributed by atoms with van der Waals surface area (Å²) >= 11 is 4.22. The van der Waals surface area contributed by atoms with Gasteiger partial charge < -0.3 is 15.6 Å². The lowest BCUT2D eigenvalue weighted by Gasteiger charge is -2.42. The summed E-state index contributed by atoms with van der Waals surface area (Å²) < 4.78 is 13.7. The molecule has 2 aromatic rings. The first-order valence-corrected chi connectivity index (χ1v) is 10.6. The van der Waals surface area contributed by atoms with Crippen LogP contribution in [0.3, 0.4) is 0 Å². The first kappa shape index (κ1) is 23.2. The van der Waals surface area contributed by atoms with Gasteiger partial charge >= 0.3 is 0 Å². The maximum Gasteiger partial charge on any atom is 0.254 e. The number of carbonyl (C=O) groups excluding carboxylic acids is 2. The number of anilines is 1. The van der Waals surface area contributed by atoms with Crippen molar-refractivity contribution in [1.82, 2.24) is 4.90 Å². The number of fused-ring (bicyclic) bond motifs is 1. The van der Waals surface area contributed by atoms with Crippen LogP contribution in [0.15, 0.2) is 53.4 Å². The number of nitrogens with one attached hydrogen (secondary N) is 2. The van der Waals surface area contributed by atoms with E-state index in [0.717, 1.165) is 12.3 Å². The number of benzene rings is 2. The quantitative estimate of drug-likeness (QED) is 0.450. The highest BCUT2D eigenvalue weighted by Crippen LogP contribution is 2.38. The predicted octanol–water partition coefficient (Wildman–Crippen LogP) is 4.36. The fourth-order valence-electron chi connectivity index (χ4n) is 3.95. The Kier molecular flexibility index (Phi) is 7.11. The molecule has 1 heterocycles. The molecule has 164 valence electrons. The van der Waals surface area contributed by atoms with Crippen molar-refractivity contribution in [3.63, 3.8) is 0 Å². The zero-order chi connectivity index (χ0) is 23.4. The van der Waals surface area contributed by atoms with Gasteiger partial charge in [0.15, 0.2) is 0 Å². The van der Waals surface area contributed by atoms with Crippen molar-refractivity contribution in [2.45, 2.75) is 25.8 Å². The average Bonchev–Trinajstić information content (AvgIpc) is 2.78. The molecule has 0 saturated carbocycles. The molecule has 6 nitrogen and oxygen atoms in total. The molecule has 2 N–H and O–H groups in total. The van der Waals surface area contributed by atoms with Gasteiger partial charge in [-0.25, -0.2) is 4.39 Å². The van der Waals surface area contributed by atoms with Gasteiger partial charge in [-0.15, -0.1) is 0 Å². The van der Waals surface area contributed by atoms with Gasteiger partial charge in [0.25, 0.3) is 5.91 Å². The van der Waals surface area contributed by atoms with Gasteiger partial charge in [-0.3, -0.25) is 9.59 Å². The molecule has 0 saturated heterocycles.